The number of nitrogens with two attached hydrogens (primary N) is 1. The van der Waals surface area contributed by atoms with E-state index in [0.717, 1.165) is 36.7 Å². The van der Waals surface area contributed by atoms with Crippen LogP contribution in [0.3, 0.4) is 0 Å². The fourth-order valence-corrected chi connectivity index (χ4v) is 2.91. The topological polar surface area (TPSA) is 108 Å². The summed E-state index contributed by atoms with van der Waals surface area (Å²) in [6.45, 7) is 3.90. The molecule has 0 fully saturated rings. The van der Waals surface area contributed by atoms with Crippen molar-refractivity contribution in [3.05, 3.63) is 71.8 Å². The van der Waals surface area contributed by atoms with Crippen LogP contribution in [0.1, 0.15) is 23.5 Å². The second-order valence-corrected chi connectivity index (χ2v) is 5.36. The summed E-state index contributed by atoms with van der Waals surface area (Å²) in [6, 6.07) is 3.24. The van der Waals surface area contributed by atoms with Crippen LogP contribution in [0.15, 0.2) is 65.7 Å². The molecule has 26 heavy (non-hydrogen) atoms. The molecule has 1 aromatic carbocycles. The highest BCUT2D eigenvalue weighted by Crippen LogP contribution is 2.44. The minimum absolute atomic E-state index is 0.0523. The Morgan fingerprint density at radius 2 is 2.00 bits per heavy atom. The second-order valence-electron chi connectivity index (χ2n) is 5.36. The Labute approximate surface area is 154 Å². The van der Waals surface area contributed by atoms with Crippen LogP contribution in [0.5, 0.6) is 11.5 Å². The number of benzene rings is 1. The van der Waals surface area contributed by atoms with Gasteiger partial charge in [-0.25, -0.2) is 0 Å². The van der Waals surface area contributed by atoms with Gasteiger partial charge in [0.05, 0.1) is 7.11 Å². The smallest absolute Gasteiger partial charge is 0.157 e. The molecule has 0 unspecified atom stereocenters. The lowest BCUT2D eigenvalue weighted by atomic mass is 9.91. The molecule has 1 aliphatic rings. The van der Waals surface area contributed by atoms with Crippen LogP contribution in [0.4, 0.5) is 0 Å². The molecule has 0 aliphatic heterocycles. The van der Waals surface area contributed by atoms with Gasteiger partial charge >= 0.3 is 0 Å². The van der Waals surface area contributed by atoms with Gasteiger partial charge in [-0.2, -0.15) is 0 Å². The first kappa shape index (κ1) is 21.1. The van der Waals surface area contributed by atoms with Gasteiger partial charge in [0.2, 0.25) is 0 Å². The number of aliphatic imine (C=N–C) groups is 1. The van der Waals surface area contributed by atoms with Gasteiger partial charge in [0.15, 0.2) is 11.5 Å². The lowest BCUT2D eigenvalue weighted by Crippen LogP contribution is -2.01. The number of hydrogen-bond acceptors (Lipinski definition) is 6. The van der Waals surface area contributed by atoms with E-state index in [-0.39, 0.29) is 17.4 Å². The van der Waals surface area contributed by atoms with Gasteiger partial charge in [-0.3, -0.25) is 4.99 Å². The molecular weight excluding hydrogens is 332 g/mol. The summed E-state index contributed by atoms with van der Waals surface area (Å²) in [5.74, 6) is 0.505. The average molecular weight is 358 g/mol. The normalized spacial score (nSPS) is 17.1. The number of aryl methyl sites for hydroxylation is 1. The first-order chi connectivity index (χ1) is 12.6. The van der Waals surface area contributed by atoms with Gasteiger partial charge in [0.25, 0.3) is 0 Å². The summed E-state index contributed by atoms with van der Waals surface area (Å²) in [6.07, 6.45) is 11.4. The number of ether oxygens (including phenoxy) is 1. The molecule has 6 nitrogen and oxygen atoms in total. The first-order valence-electron chi connectivity index (χ1n) is 8.09. The number of hydrogen-bond donors (Lipinski definition) is 4. The number of aromatic hydroxyl groups is 2. The molecule has 1 aliphatic carbocycles. The van der Waals surface area contributed by atoms with Crippen LogP contribution in [0.25, 0.3) is 0 Å². The second kappa shape index (κ2) is 10.8. The molecule has 0 heterocycles. The monoisotopic (exact) mass is 358 g/mol. The zero-order valence-corrected chi connectivity index (χ0v) is 15.1. The summed E-state index contributed by atoms with van der Waals surface area (Å²) in [4.78, 5) is 4.07. The Balaban J connectivity index is 0.00000163. The van der Waals surface area contributed by atoms with Crippen LogP contribution in [-0.4, -0.2) is 35.8 Å². The lowest BCUT2D eigenvalue weighted by molar-refractivity contribution is 0.301. The standard InChI is InChI=1S/C19H22N2O3.CH4O/c1-3-14(19(24-2)7-10-21-9-4-8-20)15-6-5-13-11-17(22)18(23)12-16(13)15;1-2/h3-4,7-12,15,22-23H,1,5-6,20H2,2H3;2H,1H3/b8-4-,10-7+,19-14-,21-9+;/t15-;/m0./s1. The van der Waals surface area contributed by atoms with Gasteiger partial charge in [-0.1, -0.05) is 12.7 Å². The van der Waals surface area contributed by atoms with E-state index in [2.05, 4.69) is 11.6 Å². The highest BCUT2D eigenvalue weighted by Gasteiger charge is 2.28. The van der Waals surface area contributed by atoms with E-state index in [0.29, 0.717) is 5.76 Å². The molecule has 0 saturated carbocycles. The Morgan fingerprint density at radius 1 is 1.31 bits per heavy atom. The molecule has 0 radical (unpaired) electrons. The summed E-state index contributed by atoms with van der Waals surface area (Å²) in [7, 11) is 2.59. The Bertz CT molecular complexity index is 734. The minimum Gasteiger partial charge on any atom is -0.504 e. The molecule has 0 bridgehead atoms. The van der Waals surface area contributed by atoms with Crippen molar-refractivity contribution in [3.8, 4) is 11.5 Å². The molecule has 5 N–H and O–H groups in total. The SMILES string of the molecule is C=C\C(=C(/C=C/N=C/C=C\N)OC)[C@@H]1CCc2cc(O)c(O)cc21.CO. The molecule has 0 amide bonds. The van der Waals surface area contributed by atoms with Gasteiger partial charge < -0.3 is 25.8 Å². The Hall–Kier alpha value is -2.99. The third-order valence-electron chi connectivity index (χ3n) is 4.01. The third-order valence-corrected chi connectivity index (χ3v) is 4.01. The number of fused-ring (bicyclic) bond motifs is 1. The Kier molecular flexibility index (Phi) is 8.74. The lowest BCUT2D eigenvalue weighted by Gasteiger charge is -2.16. The number of rotatable bonds is 6. The Morgan fingerprint density at radius 3 is 2.62 bits per heavy atom. The molecule has 2 rings (SSSR count). The van der Waals surface area contributed by atoms with E-state index in [1.807, 2.05) is 0 Å². The van der Waals surface area contributed by atoms with Gasteiger partial charge in [-0.15, -0.1) is 0 Å². The van der Waals surface area contributed by atoms with E-state index in [4.69, 9.17) is 15.6 Å². The predicted molar refractivity (Wildman–Crippen MR) is 104 cm³/mol. The number of phenols is 2. The number of methoxy groups -OCH3 is 1. The molecule has 6 heteroatoms. The number of aliphatic hydroxyl groups is 1. The fourth-order valence-electron chi connectivity index (χ4n) is 2.91. The summed E-state index contributed by atoms with van der Waals surface area (Å²) < 4.78 is 5.48. The average Bonchev–Trinajstić information content (AvgIpc) is 3.05. The van der Waals surface area contributed by atoms with E-state index < -0.39 is 0 Å². The maximum atomic E-state index is 9.80. The molecule has 1 atom stereocenters. The van der Waals surface area contributed by atoms with Crippen LogP contribution in [0.2, 0.25) is 0 Å². The highest BCUT2D eigenvalue weighted by atomic mass is 16.5. The van der Waals surface area contributed by atoms with E-state index in [1.54, 1.807) is 49.9 Å². The zero-order chi connectivity index (χ0) is 19.5. The molecule has 0 spiro atoms. The van der Waals surface area contributed by atoms with Crippen molar-refractivity contribution in [1.29, 1.82) is 0 Å². The van der Waals surface area contributed by atoms with Crippen LogP contribution in [-0.2, 0) is 11.2 Å². The van der Waals surface area contributed by atoms with Crippen LogP contribution in [0, 0.1) is 0 Å². The van der Waals surface area contributed by atoms with Gasteiger partial charge in [0, 0.05) is 31.0 Å². The number of nitrogens with zero attached hydrogens (tertiary/aromatic N) is 1. The van der Waals surface area contributed by atoms with E-state index in [1.165, 1.54) is 6.20 Å². The highest BCUT2D eigenvalue weighted by molar-refractivity contribution is 5.71. The number of allylic oxidation sites excluding steroid dienone is 4. The molecule has 140 valence electrons. The van der Waals surface area contributed by atoms with Crippen molar-refractivity contribution in [2.24, 2.45) is 10.7 Å². The predicted octanol–water partition coefficient (Wildman–Crippen LogP) is 2.88. The molecular formula is C20H26N2O4. The van der Waals surface area contributed by atoms with Crippen molar-refractivity contribution >= 4 is 6.21 Å². The maximum absolute atomic E-state index is 9.80. The van der Waals surface area contributed by atoms with E-state index >= 15 is 0 Å². The largest absolute Gasteiger partial charge is 0.504 e. The van der Waals surface area contributed by atoms with Crippen molar-refractivity contribution in [3.63, 3.8) is 0 Å². The first-order valence-corrected chi connectivity index (χ1v) is 8.09. The quantitative estimate of drug-likeness (QED) is 0.271. The van der Waals surface area contributed by atoms with Crippen molar-refractivity contribution in [2.75, 3.05) is 14.2 Å². The zero-order valence-electron chi connectivity index (χ0n) is 15.1. The minimum atomic E-state index is -0.114. The van der Waals surface area contributed by atoms with Crippen molar-refractivity contribution in [2.45, 2.75) is 18.8 Å². The van der Waals surface area contributed by atoms with E-state index in [9.17, 15) is 10.2 Å². The number of phenolic OH excluding ortho intramolecular Hbond substituents is 2. The van der Waals surface area contributed by atoms with Gasteiger partial charge in [0.1, 0.15) is 5.76 Å². The van der Waals surface area contributed by atoms with Crippen LogP contribution >= 0.6 is 0 Å². The molecule has 0 aromatic heterocycles. The van der Waals surface area contributed by atoms with Crippen molar-refractivity contribution in [1.82, 2.24) is 0 Å². The third kappa shape index (κ3) is 5.00. The van der Waals surface area contributed by atoms with Gasteiger partial charge in [-0.05, 0) is 54.5 Å². The molecule has 0 saturated heterocycles. The summed E-state index contributed by atoms with van der Waals surface area (Å²) >= 11 is 0. The summed E-state index contributed by atoms with van der Waals surface area (Å²) in [5, 5.41) is 26.5. The molecule has 1 aromatic rings. The van der Waals surface area contributed by atoms with Crippen molar-refractivity contribution < 1.29 is 20.1 Å². The number of aliphatic hydroxyl groups excluding tert-OH is 1. The summed E-state index contributed by atoms with van der Waals surface area (Å²) in [5.41, 5.74) is 8.17. The van der Waals surface area contributed by atoms with Crippen LogP contribution < -0.4 is 5.73 Å². The maximum Gasteiger partial charge on any atom is 0.157 e. The fraction of sp³-hybridized carbons (Fsp3) is 0.250.